The third kappa shape index (κ3) is 2.27. The molecule has 2 rings (SSSR count). The molecule has 1 aliphatic rings. The molecule has 17 heavy (non-hydrogen) atoms. The summed E-state index contributed by atoms with van der Waals surface area (Å²) in [6, 6.07) is 0. The Morgan fingerprint density at radius 3 is 2.59 bits per heavy atom. The van der Waals surface area contributed by atoms with E-state index in [9.17, 15) is 14.7 Å². The maximum absolute atomic E-state index is 11.8. The van der Waals surface area contributed by atoms with E-state index < -0.39 is 17.4 Å². The molecule has 1 heterocycles. The smallest absolute Gasteiger partial charge is 0.329 e. The Balaban J connectivity index is 2.13. The molecule has 1 amide bonds. The molecule has 0 aromatic carbocycles. The average Bonchev–Trinajstić information content (AvgIpc) is 2.83. The van der Waals surface area contributed by atoms with Gasteiger partial charge in [-0.25, -0.2) is 4.79 Å². The number of hydrogen-bond donors (Lipinski definition) is 3. The van der Waals surface area contributed by atoms with Gasteiger partial charge in [-0.1, -0.05) is 19.3 Å². The number of nitrogens with zero attached hydrogens (tertiary/aromatic N) is 2. The lowest BCUT2D eigenvalue weighted by Crippen LogP contribution is -2.55. The summed E-state index contributed by atoms with van der Waals surface area (Å²) >= 11 is 0. The molecule has 0 saturated heterocycles. The van der Waals surface area contributed by atoms with E-state index in [1.165, 1.54) is 6.20 Å². The van der Waals surface area contributed by atoms with Crippen molar-refractivity contribution in [2.75, 3.05) is 0 Å². The molecule has 0 atom stereocenters. The van der Waals surface area contributed by atoms with Gasteiger partial charge in [0.05, 0.1) is 6.20 Å². The van der Waals surface area contributed by atoms with Crippen LogP contribution < -0.4 is 5.32 Å². The Kier molecular flexibility index (Phi) is 3.08. The summed E-state index contributed by atoms with van der Waals surface area (Å²) in [5.74, 6) is -1.47. The van der Waals surface area contributed by atoms with Crippen LogP contribution in [0.2, 0.25) is 0 Å². The molecule has 0 spiro atoms. The fraction of sp³-hybridized carbons (Fsp3) is 0.600. The van der Waals surface area contributed by atoms with E-state index in [4.69, 9.17) is 0 Å². The van der Waals surface area contributed by atoms with E-state index in [2.05, 4.69) is 20.7 Å². The standard InChI is InChI=1S/C10H14N4O3/c15-8(7-6-11-14-13-7)12-10(9(16)17)4-2-1-3-5-10/h6H,1-5H2,(H,12,15)(H,16,17)(H,11,13,14). The predicted octanol–water partition coefficient (Wildman–Crippen LogP) is 0.322. The summed E-state index contributed by atoms with van der Waals surface area (Å²) in [5.41, 5.74) is -1.04. The van der Waals surface area contributed by atoms with Crippen molar-refractivity contribution in [3.63, 3.8) is 0 Å². The molecule has 1 aliphatic carbocycles. The number of H-pyrrole nitrogens is 1. The Labute approximate surface area is 97.6 Å². The van der Waals surface area contributed by atoms with Gasteiger partial charge in [0.15, 0.2) is 5.69 Å². The van der Waals surface area contributed by atoms with Crippen molar-refractivity contribution in [2.24, 2.45) is 0 Å². The third-order valence-electron chi connectivity index (χ3n) is 3.12. The minimum atomic E-state index is -1.14. The highest BCUT2D eigenvalue weighted by Gasteiger charge is 2.41. The summed E-state index contributed by atoms with van der Waals surface area (Å²) in [6.45, 7) is 0. The first-order valence-electron chi connectivity index (χ1n) is 5.56. The second-order valence-corrected chi connectivity index (χ2v) is 4.26. The minimum absolute atomic E-state index is 0.108. The first kappa shape index (κ1) is 11.6. The second kappa shape index (κ2) is 4.52. The van der Waals surface area contributed by atoms with Gasteiger partial charge in [0, 0.05) is 0 Å². The van der Waals surface area contributed by atoms with Crippen LogP contribution in [0.3, 0.4) is 0 Å². The van der Waals surface area contributed by atoms with Crippen LogP contribution in [-0.4, -0.2) is 37.9 Å². The van der Waals surface area contributed by atoms with Crippen LogP contribution in [0.15, 0.2) is 6.20 Å². The van der Waals surface area contributed by atoms with E-state index in [1.807, 2.05) is 0 Å². The Bertz CT molecular complexity index is 409. The van der Waals surface area contributed by atoms with Gasteiger partial charge in [0.2, 0.25) is 0 Å². The van der Waals surface area contributed by atoms with Gasteiger partial charge in [0.25, 0.3) is 5.91 Å². The number of carbonyl (C=O) groups excluding carboxylic acids is 1. The Morgan fingerprint density at radius 1 is 1.35 bits per heavy atom. The number of nitrogens with one attached hydrogen (secondary N) is 2. The zero-order valence-electron chi connectivity index (χ0n) is 9.27. The predicted molar refractivity (Wildman–Crippen MR) is 57.3 cm³/mol. The van der Waals surface area contributed by atoms with Crippen molar-refractivity contribution in [3.05, 3.63) is 11.9 Å². The highest BCUT2D eigenvalue weighted by molar-refractivity contribution is 5.96. The SMILES string of the molecule is O=C(NC1(C(=O)O)CCCCC1)c1cn[nH]n1. The highest BCUT2D eigenvalue weighted by atomic mass is 16.4. The van der Waals surface area contributed by atoms with Crippen LogP contribution in [0.25, 0.3) is 0 Å². The number of carboxylic acid groups (broad SMARTS) is 1. The maximum atomic E-state index is 11.8. The first-order valence-corrected chi connectivity index (χ1v) is 5.56. The average molecular weight is 238 g/mol. The van der Waals surface area contributed by atoms with Crippen molar-refractivity contribution in [3.8, 4) is 0 Å². The zero-order chi connectivity index (χ0) is 12.3. The van der Waals surface area contributed by atoms with Crippen LogP contribution in [0.4, 0.5) is 0 Å². The largest absolute Gasteiger partial charge is 0.480 e. The van der Waals surface area contributed by atoms with Crippen LogP contribution in [0.5, 0.6) is 0 Å². The van der Waals surface area contributed by atoms with Crippen molar-refractivity contribution in [2.45, 2.75) is 37.6 Å². The topological polar surface area (TPSA) is 108 Å². The van der Waals surface area contributed by atoms with E-state index in [0.717, 1.165) is 19.3 Å². The van der Waals surface area contributed by atoms with Gasteiger partial charge in [-0.3, -0.25) is 4.79 Å². The zero-order valence-corrected chi connectivity index (χ0v) is 9.27. The van der Waals surface area contributed by atoms with Gasteiger partial charge in [-0.05, 0) is 12.8 Å². The molecule has 7 heteroatoms. The Hall–Kier alpha value is -1.92. The van der Waals surface area contributed by atoms with Crippen LogP contribution in [-0.2, 0) is 4.79 Å². The number of carbonyl (C=O) groups is 2. The van der Waals surface area contributed by atoms with E-state index in [0.29, 0.717) is 12.8 Å². The van der Waals surface area contributed by atoms with Gasteiger partial charge < -0.3 is 10.4 Å². The molecule has 0 unspecified atom stereocenters. The number of aromatic nitrogens is 3. The third-order valence-corrected chi connectivity index (χ3v) is 3.12. The molecule has 1 saturated carbocycles. The van der Waals surface area contributed by atoms with Crippen LogP contribution >= 0.6 is 0 Å². The molecule has 7 nitrogen and oxygen atoms in total. The maximum Gasteiger partial charge on any atom is 0.329 e. The van der Waals surface area contributed by atoms with Crippen molar-refractivity contribution >= 4 is 11.9 Å². The number of aromatic amines is 1. The molecular weight excluding hydrogens is 224 g/mol. The molecule has 0 radical (unpaired) electrons. The Morgan fingerprint density at radius 2 is 2.06 bits per heavy atom. The lowest BCUT2D eigenvalue weighted by atomic mass is 9.81. The lowest BCUT2D eigenvalue weighted by molar-refractivity contribution is -0.145. The van der Waals surface area contributed by atoms with Gasteiger partial charge in [0.1, 0.15) is 5.54 Å². The molecular formula is C10H14N4O3. The molecule has 0 aliphatic heterocycles. The summed E-state index contributed by atoms with van der Waals surface area (Å²) in [5, 5.41) is 21.3. The second-order valence-electron chi connectivity index (χ2n) is 4.26. The number of amides is 1. The number of aliphatic carboxylic acids is 1. The molecule has 3 N–H and O–H groups in total. The molecule has 92 valence electrons. The summed E-state index contributed by atoms with van der Waals surface area (Å²) < 4.78 is 0. The summed E-state index contributed by atoms with van der Waals surface area (Å²) in [4.78, 5) is 23.1. The van der Waals surface area contributed by atoms with Gasteiger partial charge >= 0.3 is 5.97 Å². The fourth-order valence-corrected chi connectivity index (χ4v) is 2.14. The quantitative estimate of drug-likeness (QED) is 0.702. The monoisotopic (exact) mass is 238 g/mol. The number of hydrogen-bond acceptors (Lipinski definition) is 4. The van der Waals surface area contributed by atoms with Crippen molar-refractivity contribution in [1.29, 1.82) is 0 Å². The molecule has 0 bridgehead atoms. The van der Waals surface area contributed by atoms with Gasteiger partial charge in [-0.15, -0.1) is 0 Å². The summed E-state index contributed by atoms with van der Waals surface area (Å²) in [6.07, 6.45) is 4.83. The fourth-order valence-electron chi connectivity index (χ4n) is 2.14. The first-order chi connectivity index (χ1) is 8.14. The normalized spacial score (nSPS) is 18.6. The molecule has 1 fully saturated rings. The number of rotatable bonds is 3. The summed E-state index contributed by atoms with van der Waals surface area (Å²) in [7, 11) is 0. The van der Waals surface area contributed by atoms with Gasteiger partial charge in [-0.2, -0.15) is 15.4 Å². The van der Waals surface area contributed by atoms with Crippen LogP contribution in [0.1, 0.15) is 42.6 Å². The van der Waals surface area contributed by atoms with Crippen LogP contribution in [0, 0.1) is 0 Å². The van der Waals surface area contributed by atoms with E-state index >= 15 is 0 Å². The molecule has 1 aromatic heterocycles. The highest BCUT2D eigenvalue weighted by Crippen LogP contribution is 2.28. The van der Waals surface area contributed by atoms with Crippen molar-refractivity contribution < 1.29 is 14.7 Å². The van der Waals surface area contributed by atoms with Crippen molar-refractivity contribution in [1.82, 2.24) is 20.7 Å². The van der Waals surface area contributed by atoms with E-state index in [1.54, 1.807) is 0 Å². The minimum Gasteiger partial charge on any atom is -0.480 e. The van der Waals surface area contributed by atoms with E-state index in [-0.39, 0.29) is 5.69 Å². The number of carboxylic acids is 1. The molecule has 1 aromatic rings. The lowest BCUT2D eigenvalue weighted by Gasteiger charge is -2.33.